The summed E-state index contributed by atoms with van der Waals surface area (Å²) in [5.74, 6) is 1.92. The average molecular weight is 562 g/mol. The third-order valence-corrected chi connectivity index (χ3v) is 8.37. The maximum atomic E-state index is 12.9. The Morgan fingerprint density at radius 2 is 1.86 bits per heavy atom. The van der Waals surface area contributed by atoms with Gasteiger partial charge in [0.15, 0.2) is 11.6 Å². The topological polar surface area (TPSA) is 69.0 Å². The van der Waals surface area contributed by atoms with Crippen LogP contribution in [-0.4, -0.2) is 34.2 Å². The van der Waals surface area contributed by atoms with Crippen LogP contribution in [0.15, 0.2) is 76.3 Å². The number of nitrogens with one attached hydrogen (secondary N) is 1. The van der Waals surface area contributed by atoms with E-state index in [4.69, 9.17) is 4.74 Å². The standard InChI is InChI=1S/C28H25BrN4O2S/c29-21-4-6-25-24(13-21)23-5-7-26(34)33(28(23)36-25)16-19-2-1-3-20(12-19)27-31-14-22(15-32-27)35-17-18-8-10-30-11-9-18/h1-7,12-15,18,30H,8-11,16-17H2. The van der Waals surface area contributed by atoms with E-state index in [0.29, 0.717) is 30.6 Å². The first kappa shape index (κ1) is 23.3. The molecule has 0 saturated carbocycles. The van der Waals surface area contributed by atoms with Crippen LogP contribution in [0.3, 0.4) is 0 Å². The highest BCUT2D eigenvalue weighted by atomic mass is 79.9. The maximum absolute atomic E-state index is 12.9. The van der Waals surface area contributed by atoms with E-state index in [0.717, 1.165) is 61.8 Å². The minimum Gasteiger partial charge on any atom is -0.490 e. The minimum atomic E-state index is -0.00924. The Bertz CT molecular complexity index is 1590. The van der Waals surface area contributed by atoms with E-state index < -0.39 is 0 Å². The number of hydrogen-bond donors (Lipinski definition) is 1. The maximum Gasteiger partial charge on any atom is 0.251 e. The van der Waals surface area contributed by atoms with E-state index in [9.17, 15) is 4.79 Å². The molecule has 1 aliphatic heterocycles. The molecular formula is C28H25BrN4O2S. The third-order valence-electron chi connectivity index (χ3n) is 6.67. The molecule has 36 heavy (non-hydrogen) atoms. The summed E-state index contributed by atoms with van der Waals surface area (Å²) in [4.78, 5) is 22.9. The Morgan fingerprint density at radius 3 is 2.69 bits per heavy atom. The predicted octanol–water partition coefficient (Wildman–Crippen LogP) is 5.86. The van der Waals surface area contributed by atoms with E-state index in [2.05, 4.69) is 49.4 Å². The average Bonchev–Trinajstić information content (AvgIpc) is 3.28. The Hall–Kier alpha value is -3.07. The van der Waals surface area contributed by atoms with Crippen LogP contribution in [0.1, 0.15) is 18.4 Å². The molecule has 0 atom stereocenters. The number of thiophene rings is 1. The van der Waals surface area contributed by atoms with Gasteiger partial charge in [-0.2, -0.15) is 0 Å². The molecule has 1 aliphatic rings. The summed E-state index contributed by atoms with van der Waals surface area (Å²) in [7, 11) is 0. The van der Waals surface area contributed by atoms with Gasteiger partial charge in [-0.25, -0.2) is 9.97 Å². The summed E-state index contributed by atoms with van der Waals surface area (Å²) in [5, 5.41) is 5.63. The second-order valence-corrected chi connectivity index (χ2v) is 11.1. The van der Waals surface area contributed by atoms with E-state index >= 15 is 0 Å². The molecule has 4 heterocycles. The molecule has 8 heteroatoms. The van der Waals surface area contributed by atoms with E-state index in [1.54, 1.807) is 29.8 Å². The molecule has 0 spiro atoms. The molecule has 3 aromatic heterocycles. The molecular weight excluding hydrogens is 536 g/mol. The zero-order chi connectivity index (χ0) is 24.5. The summed E-state index contributed by atoms with van der Waals surface area (Å²) in [6, 6.07) is 17.9. The highest BCUT2D eigenvalue weighted by Gasteiger charge is 2.14. The van der Waals surface area contributed by atoms with Gasteiger partial charge < -0.3 is 10.1 Å². The second kappa shape index (κ2) is 10.1. The van der Waals surface area contributed by atoms with Crippen molar-refractivity contribution in [2.24, 2.45) is 5.92 Å². The quantitative estimate of drug-likeness (QED) is 0.281. The smallest absolute Gasteiger partial charge is 0.251 e. The van der Waals surface area contributed by atoms with Gasteiger partial charge in [0.25, 0.3) is 5.56 Å². The summed E-state index contributed by atoms with van der Waals surface area (Å²) in [5.41, 5.74) is 1.93. The molecule has 0 amide bonds. The van der Waals surface area contributed by atoms with Gasteiger partial charge in [-0.3, -0.25) is 9.36 Å². The number of ether oxygens (including phenoxy) is 1. The fraction of sp³-hybridized carbons (Fsp3) is 0.250. The Morgan fingerprint density at radius 1 is 1.03 bits per heavy atom. The number of benzene rings is 2. The first-order chi connectivity index (χ1) is 17.6. The fourth-order valence-electron chi connectivity index (χ4n) is 4.73. The van der Waals surface area contributed by atoms with Gasteiger partial charge in [0.2, 0.25) is 0 Å². The lowest BCUT2D eigenvalue weighted by atomic mass is 9.99. The van der Waals surface area contributed by atoms with E-state index in [1.807, 2.05) is 34.9 Å². The molecule has 5 aromatic rings. The van der Waals surface area contributed by atoms with E-state index in [1.165, 1.54) is 0 Å². The van der Waals surface area contributed by atoms with E-state index in [-0.39, 0.29) is 5.56 Å². The molecule has 0 bridgehead atoms. The molecule has 0 aliphatic carbocycles. The predicted molar refractivity (Wildman–Crippen MR) is 149 cm³/mol. The number of hydrogen-bond acceptors (Lipinski definition) is 6. The van der Waals surface area contributed by atoms with Crippen molar-refractivity contribution >= 4 is 47.6 Å². The van der Waals surface area contributed by atoms with Gasteiger partial charge in [-0.05, 0) is 67.7 Å². The third kappa shape index (κ3) is 4.81. The lowest BCUT2D eigenvalue weighted by molar-refractivity contribution is 0.214. The number of aromatic nitrogens is 3. The number of halogens is 1. The lowest BCUT2D eigenvalue weighted by Crippen LogP contribution is -2.30. The Kier molecular flexibility index (Phi) is 6.56. The number of piperidine rings is 1. The first-order valence-corrected chi connectivity index (χ1v) is 13.7. The van der Waals surface area contributed by atoms with Crippen molar-refractivity contribution in [2.75, 3.05) is 19.7 Å². The highest BCUT2D eigenvalue weighted by Crippen LogP contribution is 2.35. The summed E-state index contributed by atoms with van der Waals surface area (Å²) in [6.07, 6.45) is 5.77. The van der Waals surface area contributed by atoms with Crippen molar-refractivity contribution in [3.63, 3.8) is 0 Å². The molecule has 6 nitrogen and oxygen atoms in total. The van der Waals surface area contributed by atoms with Gasteiger partial charge >= 0.3 is 0 Å². The van der Waals surface area contributed by atoms with Crippen LogP contribution in [0.4, 0.5) is 0 Å². The molecule has 0 radical (unpaired) electrons. The summed E-state index contributed by atoms with van der Waals surface area (Å²) < 4.78 is 9.98. The van der Waals surface area contributed by atoms with Gasteiger partial charge in [0.05, 0.1) is 25.5 Å². The number of nitrogens with zero attached hydrogens (tertiary/aromatic N) is 3. The molecule has 2 aromatic carbocycles. The molecule has 1 N–H and O–H groups in total. The minimum absolute atomic E-state index is 0.00924. The largest absolute Gasteiger partial charge is 0.490 e. The van der Waals surface area contributed by atoms with Crippen molar-refractivity contribution in [3.8, 4) is 17.1 Å². The van der Waals surface area contributed by atoms with Crippen LogP contribution in [0, 0.1) is 5.92 Å². The van der Waals surface area contributed by atoms with Crippen LogP contribution >= 0.6 is 27.3 Å². The number of pyridine rings is 1. The molecule has 1 saturated heterocycles. The Balaban J connectivity index is 1.24. The van der Waals surface area contributed by atoms with Gasteiger partial charge in [-0.1, -0.05) is 34.1 Å². The monoisotopic (exact) mass is 560 g/mol. The van der Waals surface area contributed by atoms with Crippen LogP contribution in [0.2, 0.25) is 0 Å². The number of fused-ring (bicyclic) bond motifs is 3. The normalized spacial score (nSPS) is 14.5. The van der Waals surface area contributed by atoms with Gasteiger partial charge in [0, 0.05) is 31.6 Å². The second-order valence-electron chi connectivity index (χ2n) is 9.17. The van der Waals surface area contributed by atoms with Crippen LogP contribution < -0.4 is 15.6 Å². The zero-order valence-corrected chi connectivity index (χ0v) is 22.0. The van der Waals surface area contributed by atoms with Crippen molar-refractivity contribution in [1.29, 1.82) is 0 Å². The number of rotatable bonds is 6. The van der Waals surface area contributed by atoms with Crippen molar-refractivity contribution in [3.05, 3.63) is 87.4 Å². The molecule has 1 fully saturated rings. The lowest BCUT2D eigenvalue weighted by Gasteiger charge is -2.22. The fourth-order valence-corrected chi connectivity index (χ4v) is 6.26. The van der Waals surface area contributed by atoms with Crippen LogP contribution in [-0.2, 0) is 6.54 Å². The van der Waals surface area contributed by atoms with Crippen molar-refractivity contribution in [1.82, 2.24) is 19.9 Å². The molecule has 182 valence electrons. The van der Waals surface area contributed by atoms with Gasteiger partial charge in [0.1, 0.15) is 4.83 Å². The van der Waals surface area contributed by atoms with Crippen molar-refractivity contribution in [2.45, 2.75) is 19.4 Å². The summed E-state index contributed by atoms with van der Waals surface area (Å²) >= 11 is 5.21. The van der Waals surface area contributed by atoms with Crippen LogP contribution in [0.25, 0.3) is 31.7 Å². The van der Waals surface area contributed by atoms with Crippen molar-refractivity contribution < 1.29 is 4.74 Å². The molecule has 0 unspecified atom stereocenters. The van der Waals surface area contributed by atoms with Crippen LogP contribution in [0.5, 0.6) is 5.75 Å². The Labute approximate surface area is 221 Å². The molecule has 6 rings (SSSR count). The summed E-state index contributed by atoms with van der Waals surface area (Å²) in [6.45, 7) is 3.30. The SMILES string of the molecule is O=c1ccc2c3cc(Br)ccc3sc2n1Cc1cccc(-c2ncc(OCC3CCNCC3)cn2)c1. The first-order valence-electron chi connectivity index (χ1n) is 12.1. The van der Waals surface area contributed by atoms with Gasteiger partial charge in [-0.15, -0.1) is 11.3 Å². The zero-order valence-electron chi connectivity index (χ0n) is 19.6. The highest BCUT2D eigenvalue weighted by molar-refractivity contribution is 9.10.